The van der Waals surface area contributed by atoms with Gasteiger partial charge in [-0.2, -0.15) is 0 Å². The first-order chi connectivity index (χ1) is 11.8. The van der Waals surface area contributed by atoms with Crippen molar-refractivity contribution >= 4 is 29.5 Å². The standard InChI is InChI=1S/C18H22N2O4S/c1-4-24-12(10-11-8-6-5-7-9-11)19-13-15(21)20-14(17(22)23)18(2,3)25-16(13)20/h5-9,13-14,16H,4,10H2,1-3H3,(H,22,23)/t13-,14+,16-/m1/s1. The molecule has 3 rings (SSSR count). The van der Waals surface area contributed by atoms with E-state index in [1.807, 2.05) is 51.1 Å². The number of rotatable bonds is 5. The largest absolute Gasteiger partial charge is 0.481 e. The number of hydrogen-bond donors (Lipinski definition) is 1. The molecule has 2 saturated heterocycles. The second kappa shape index (κ2) is 6.71. The number of carboxylic acid groups (broad SMARTS) is 1. The molecule has 0 radical (unpaired) electrons. The molecule has 1 amide bonds. The predicted octanol–water partition coefficient (Wildman–Crippen LogP) is 2.18. The van der Waals surface area contributed by atoms with Crippen LogP contribution in [-0.4, -0.2) is 56.6 Å². The molecule has 0 unspecified atom stereocenters. The van der Waals surface area contributed by atoms with Crippen molar-refractivity contribution in [3.05, 3.63) is 35.9 Å². The van der Waals surface area contributed by atoms with Crippen molar-refractivity contribution in [3.63, 3.8) is 0 Å². The van der Waals surface area contributed by atoms with E-state index in [1.165, 1.54) is 16.7 Å². The topological polar surface area (TPSA) is 79.2 Å². The summed E-state index contributed by atoms with van der Waals surface area (Å²) >= 11 is 1.49. The van der Waals surface area contributed by atoms with Crippen LogP contribution in [0.3, 0.4) is 0 Å². The highest BCUT2D eigenvalue weighted by molar-refractivity contribution is 8.01. The molecule has 0 saturated carbocycles. The fourth-order valence-electron chi connectivity index (χ4n) is 3.34. The van der Waals surface area contributed by atoms with Gasteiger partial charge in [-0.1, -0.05) is 30.3 Å². The quantitative estimate of drug-likeness (QED) is 0.493. The van der Waals surface area contributed by atoms with Crippen molar-refractivity contribution in [1.82, 2.24) is 4.90 Å². The molecule has 6 nitrogen and oxygen atoms in total. The molecule has 0 aliphatic carbocycles. The fourth-order valence-corrected chi connectivity index (χ4v) is 4.95. The number of aliphatic carboxylic acids is 1. The number of β-lactam (4-membered cyclic amide) rings is 1. The number of thioether (sulfide) groups is 1. The van der Waals surface area contributed by atoms with Crippen LogP contribution in [0, 0.1) is 0 Å². The molecule has 1 N–H and O–H groups in total. The first-order valence-electron chi connectivity index (χ1n) is 8.31. The zero-order valence-corrected chi connectivity index (χ0v) is 15.3. The lowest BCUT2D eigenvalue weighted by Crippen LogP contribution is -2.65. The van der Waals surface area contributed by atoms with Gasteiger partial charge in [-0.05, 0) is 26.3 Å². The van der Waals surface area contributed by atoms with Crippen LogP contribution in [0.4, 0.5) is 0 Å². The summed E-state index contributed by atoms with van der Waals surface area (Å²) in [5, 5.41) is 9.23. The van der Waals surface area contributed by atoms with Crippen LogP contribution in [0.2, 0.25) is 0 Å². The van der Waals surface area contributed by atoms with E-state index < -0.39 is 22.8 Å². The number of amides is 1. The number of ether oxygens (including phenoxy) is 1. The number of carboxylic acids is 1. The summed E-state index contributed by atoms with van der Waals surface area (Å²) in [7, 11) is 0. The van der Waals surface area contributed by atoms with Gasteiger partial charge in [0.25, 0.3) is 5.91 Å². The van der Waals surface area contributed by atoms with Gasteiger partial charge in [-0.3, -0.25) is 4.79 Å². The zero-order valence-electron chi connectivity index (χ0n) is 14.5. The summed E-state index contributed by atoms with van der Waals surface area (Å²) in [6, 6.07) is 8.42. The predicted molar refractivity (Wildman–Crippen MR) is 96.7 cm³/mol. The number of fused-ring (bicyclic) bond motifs is 1. The number of carbonyl (C=O) groups excluding carboxylic acids is 1. The number of nitrogens with zero attached hydrogens (tertiary/aromatic N) is 2. The molecule has 2 fully saturated rings. The summed E-state index contributed by atoms with van der Waals surface area (Å²) in [5.41, 5.74) is 1.06. The van der Waals surface area contributed by atoms with Crippen LogP contribution >= 0.6 is 11.8 Å². The molecule has 1 aromatic carbocycles. The lowest BCUT2D eigenvalue weighted by atomic mass is 9.96. The minimum atomic E-state index is -0.968. The number of aliphatic imine (C=N–C) groups is 1. The van der Waals surface area contributed by atoms with Crippen molar-refractivity contribution < 1.29 is 19.4 Å². The van der Waals surface area contributed by atoms with Crippen LogP contribution in [0.25, 0.3) is 0 Å². The zero-order chi connectivity index (χ0) is 18.2. The Morgan fingerprint density at radius 3 is 2.64 bits per heavy atom. The van der Waals surface area contributed by atoms with Crippen molar-refractivity contribution in [2.75, 3.05) is 6.61 Å². The molecule has 2 heterocycles. The number of benzene rings is 1. The summed E-state index contributed by atoms with van der Waals surface area (Å²) < 4.78 is 5.09. The van der Waals surface area contributed by atoms with E-state index in [9.17, 15) is 14.7 Å². The Bertz CT molecular complexity index is 704. The molecule has 134 valence electrons. The minimum absolute atomic E-state index is 0.235. The third-order valence-electron chi connectivity index (χ3n) is 4.44. The number of hydrogen-bond acceptors (Lipinski definition) is 5. The maximum absolute atomic E-state index is 12.5. The Labute approximate surface area is 151 Å². The van der Waals surface area contributed by atoms with Crippen LogP contribution in [0.15, 0.2) is 35.3 Å². The molecule has 3 atom stereocenters. The van der Waals surface area contributed by atoms with E-state index >= 15 is 0 Å². The first-order valence-corrected chi connectivity index (χ1v) is 9.19. The summed E-state index contributed by atoms with van der Waals surface area (Å²) in [4.78, 5) is 30.1. The van der Waals surface area contributed by atoms with Crippen molar-refractivity contribution in [1.29, 1.82) is 0 Å². The Hall–Kier alpha value is -2.02. The van der Waals surface area contributed by atoms with Gasteiger partial charge in [0, 0.05) is 11.2 Å². The third kappa shape index (κ3) is 3.25. The highest BCUT2D eigenvalue weighted by Gasteiger charge is 2.64. The smallest absolute Gasteiger partial charge is 0.327 e. The minimum Gasteiger partial charge on any atom is -0.481 e. The molecule has 2 aliphatic heterocycles. The molecule has 0 aromatic heterocycles. The molecule has 25 heavy (non-hydrogen) atoms. The van der Waals surface area contributed by atoms with Gasteiger partial charge in [0.05, 0.1) is 6.61 Å². The van der Waals surface area contributed by atoms with Crippen LogP contribution in [0.1, 0.15) is 26.3 Å². The lowest BCUT2D eigenvalue weighted by molar-refractivity contribution is -0.159. The van der Waals surface area contributed by atoms with Gasteiger partial charge in [0.15, 0.2) is 11.9 Å². The fraction of sp³-hybridized carbons (Fsp3) is 0.500. The maximum Gasteiger partial charge on any atom is 0.327 e. The first kappa shape index (κ1) is 17.8. The second-order valence-corrected chi connectivity index (χ2v) is 8.43. The Kier molecular flexibility index (Phi) is 4.77. The van der Waals surface area contributed by atoms with E-state index in [4.69, 9.17) is 4.74 Å². The van der Waals surface area contributed by atoms with Gasteiger partial charge >= 0.3 is 5.97 Å². The Balaban J connectivity index is 1.80. The molecule has 2 aliphatic rings. The summed E-state index contributed by atoms with van der Waals surface area (Å²) in [6.07, 6.45) is 0.515. The maximum atomic E-state index is 12.5. The molecule has 0 spiro atoms. The third-order valence-corrected chi connectivity index (χ3v) is 6.00. The Morgan fingerprint density at radius 2 is 2.04 bits per heavy atom. The SMILES string of the molecule is CCOC(Cc1ccccc1)=N[C@@H]1C(=O)N2[C@@H]1SC(C)(C)[C@@H]2C(=O)O. The van der Waals surface area contributed by atoms with Crippen LogP contribution in [-0.2, 0) is 20.7 Å². The van der Waals surface area contributed by atoms with E-state index in [-0.39, 0.29) is 11.3 Å². The van der Waals surface area contributed by atoms with E-state index in [2.05, 4.69) is 4.99 Å². The van der Waals surface area contributed by atoms with Gasteiger partial charge in [-0.25, -0.2) is 9.79 Å². The molecule has 0 bridgehead atoms. The Morgan fingerprint density at radius 1 is 1.36 bits per heavy atom. The highest BCUT2D eigenvalue weighted by Crippen LogP contribution is 2.51. The highest BCUT2D eigenvalue weighted by atomic mass is 32.2. The average Bonchev–Trinajstić information content (AvgIpc) is 2.82. The molecule has 1 aromatic rings. The lowest BCUT2D eigenvalue weighted by Gasteiger charge is -2.41. The van der Waals surface area contributed by atoms with Crippen LogP contribution < -0.4 is 0 Å². The van der Waals surface area contributed by atoms with Crippen LogP contribution in [0.5, 0.6) is 0 Å². The monoisotopic (exact) mass is 362 g/mol. The molecular formula is C18H22N2O4S. The summed E-state index contributed by atoms with van der Waals surface area (Å²) in [6.45, 7) is 6.06. The van der Waals surface area contributed by atoms with Gasteiger partial charge in [-0.15, -0.1) is 11.8 Å². The van der Waals surface area contributed by atoms with Crippen molar-refractivity contribution in [2.24, 2.45) is 4.99 Å². The van der Waals surface area contributed by atoms with Gasteiger partial charge < -0.3 is 14.7 Å². The van der Waals surface area contributed by atoms with E-state index in [1.54, 1.807) is 0 Å². The molecular weight excluding hydrogens is 340 g/mol. The average molecular weight is 362 g/mol. The number of carbonyl (C=O) groups is 2. The van der Waals surface area contributed by atoms with Crippen molar-refractivity contribution in [3.8, 4) is 0 Å². The van der Waals surface area contributed by atoms with E-state index in [0.29, 0.717) is 18.9 Å². The van der Waals surface area contributed by atoms with Gasteiger partial charge in [0.1, 0.15) is 11.4 Å². The van der Waals surface area contributed by atoms with Crippen molar-refractivity contribution in [2.45, 2.75) is 49.4 Å². The normalized spacial score (nSPS) is 27.6. The summed E-state index contributed by atoms with van der Waals surface area (Å²) in [5.74, 6) is -0.685. The molecule has 7 heteroatoms. The van der Waals surface area contributed by atoms with Gasteiger partial charge in [0.2, 0.25) is 0 Å². The second-order valence-electron chi connectivity index (χ2n) is 6.66. The van der Waals surface area contributed by atoms with E-state index in [0.717, 1.165) is 5.56 Å².